The molecule has 0 aliphatic heterocycles. The van der Waals surface area contributed by atoms with Crippen molar-refractivity contribution in [2.75, 3.05) is 6.66 Å². The monoisotopic (exact) mass is 382 g/mol. The minimum Gasteiger partial charge on any atom is -0.292 e. The summed E-state index contributed by atoms with van der Waals surface area (Å²) in [6.07, 6.45) is 0.458. The van der Waals surface area contributed by atoms with Crippen LogP contribution in [0.4, 0.5) is 0 Å². The molecule has 0 bridgehead atoms. The second-order valence-corrected chi connectivity index (χ2v) is 11.4. The second kappa shape index (κ2) is 7.86. The predicted octanol–water partition coefficient (Wildman–Crippen LogP) is 3.73. The van der Waals surface area contributed by atoms with Crippen LogP contribution in [0.5, 0.6) is 0 Å². The van der Waals surface area contributed by atoms with Crippen LogP contribution in [0, 0.1) is 0 Å². The maximum Gasteiger partial charge on any atom is 0.277 e. The fourth-order valence-electron chi connectivity index (χ4n) is 2.91. The molecule has 0 fully saturated rings. The lowest BCUT2D eigenvalue weighted by atomic mass is 10.4. The number of nitrogens with zero attached hydrogens (tertiary/aromatic N) is 1. The smallest absolute Gasteiger partial charge is 0.277 e. The van der Waals surface area contributed by atoms with Crippen molar-refractivity contribution >= 4 is 36.8 Å². The third-order valence-corrected chi connectivity index (χ3v) is 10.1. The highest BCUT2D eigenvalue weighted by Gasteiger charge is 2.30. The predicted molar refractivity (Wildman–Crippen MR) is 110 cm³/mol. The van der Waals surface area contributed by atoms with Gasteiger partial charge in [-0.05, 0) is 0 Å². The fraction of sp³-hybridized carbons (Fsp3) is 0.0500. The zero-order valence-electron chi connectivity index (χ0n) is 14.4. The Labute approximate surface area is 153 Å². The molecule has 0 saturated carbocycles. The quantitative estimate of drug-likeness (QED) is 0.522. The summed E-state index contributed by atoms with van der Waals surface area (Å²) >= 11 is 0. The first-order valence-corrected chi connectivity index (χ1v) is 12.0. The van der Waals surface area contributed by atoms with Crippen LogP contribution in [-0.4, -0.2) is 13.1 Å². The van der Waals surface area contributed by atoms with Gasteiger partial charge in [-0.2, -0.15) is 0 Å². The molecule has 0 aromatic heterocycles. The molecule has 1 amide bonds. The zero-order valence-corrected chi connectivity index (χ0v) is 16.2. The normalized spacial score (nSPS) is 13.4. The van der Waals surface area contributed by atoms with Gasteiger partial charge in [-0.3, -0.25) is 14.4 Å². The summed E-state index contributed by atoms with van der Waals surface area (Å²) in [6, 6.07) is 29.7. The van der Waals surface area contributed by atoms with E-state index in [1.54, 1.807) is 0 Å². The van der Waals surface area contributed by atoms with Gasteiger partial charge in [0.15, 0.2) is 0 Å². The molecular weight excluding hydrogens is 362 g/mol. The largest absolute Gasteiger partial charge is 0.292 e. The summed E-state index contributed by atoms with van der Waals surface area (Å²) in [5, 5.41) is 5.40. The van der Waals surface area contributed by atoms with Crippen molar-refractivity contribution in [1.82, 2.24) is 5.09 Å². The number of carbonyl (C=O) groups excluding carboxylic acids is 1. The van der Waals surface area contributed by atoms with Crippen molar-refractivity contribution in [3.8, 4) is 0 Å². The molecule has 1 atom stereocenters. The number of carbonyl (C=O) groups is 1. The maximum atomic E-state index is 13.1. The Balaban J connectivity index is 2.46. The SMILES string of the molecule is CP(=O)(N=P(c1ccccc1)(c1ccccc1)c1ccccc1)NC=O. The molecule has 132 valence electrons. The van der Waals surface area contributed by atoms with Gasteiger partial charge in [0.1, 0.15) is 0 Å². The molecule has 4 nitrogen and oxygen atoms in total. The lowest BCUT2D eigenvalue weighted by molar-refractivity contribution is -0.108. The van der Waals surface area contributed by atoms with Gasteiger partial charge in [0.25, 0.3) is 7.44 Å². The highest BCUT2D eigenvalue weighted by atomic mass is 31.2. The van der Waals surface area contributed by atoms with Gasteiger partial charge < -0.3 is 0 Å². The van der Waals surface area contributed by atoms with Gasteiger partial charge in [-0.15, -0.1) is 0 Å². The molecule has 0 aliphatic carbocycles. The zero-order chi connectivity index (χ0) is 18.5. The molecule has 3 rings (SSSR count). The van der Waals surface area contributed by atoms with Gasteiger partial charge >= 0.3 is 0 Å². The number of benzene rings is 3. The van der Waals surface area contributed by atoms with Crippen LogP contribution >= 0.6 is 14.5 Å². The first-order chi connectivity index (χ1) is 12.6. The molecule has 0 spiro atoms. The number of amides is 1. The van der Waals surface area contributed by atoms with E-state index in [0.29, 0.717) is 6.41 Å². The molecular formula is C20H20N2O2P2. The van der Waals surface area contributed by atoms with E-state index in [1.165, 1.54) is 6.66 Å². The Morgan fingerprint density at radius 3 is 1.38 bits per heavy atom. The lowest BCUT2D eigenvalue weighted by Gasteiger charge is -2.28. The highest BCUT2D eigenvalue weighted by Crippen LogP contribution is 2.56. The van der Waals surface area contributed by atoms with E-state index in [-0.39, 0.29) is 0 Å². The molecule has 1 N–H and O–H groups in total. The van der Waals surface area contributed by atoms with E-state index in [2.05, 4.69) is 5.09 Å². The van der Waals surface area contributed by atoms with E-state index < -0.39 is 14.5 Å². The lowest BCUT2D eigenvalue weighted by Crippen LogP contribution is -2.25. The second-order valence-electron chi connectivity index (χ2n) is 5.86. The van der Waals surface area contributed by atoms with Crippen LogP contribution in [0.2, 0.25) is 0 Å². The average Bonchev–Trinajstić information content (AvgIpc) is 2.68. The average molecular weight is 382 g/mol. The molecule has 0 aliphatic rings. The molecule has 3 aromatic rings. The van der Waals surface area contributed by atoms with Crippen molar-refractivity contribution in [3.05, 3.63) is 91.0 Å². The summed E-state index contributed by atoms with van der Waals surface area (Å²) in [7, 11) is -5.82. The first kappa shape index (κ1) is 18.4. The number of rotatable bonds is 6. The summed E-state index contributed by atoms with van der Waals surface area (Å²) in [5.74, 6) is 0. The van der Waals surface area contributed by atoms with Gasteiger partial charge in [-0.1, -0.05) is 91.0 Å². The van der Waals surface area contributed by atoms with Crippen molar-refractivity contribution in [3.63, 3.8) is 0 Å². The Kier molecular flexibility index (Phi) is 5.56. The molecule has 1 unspecified atom stereocenters. The van der Waals surface area contributed by atoms with Crippen LogP contribution < -0.4 is 21.0 Å². The van der Waals surface area contributed by atoms with Crippen LogP contribution in [-0.2, 0) is 9.36 Å². The van der Waals surface area contributed by atoms with Gasteiger partial charge in [0, 0.05) is 22.6 Å². The summed E-state index contributed by atoms with van der Waals surface area (Å²) in [6.45, 7) is 1.49. The van der Waals surface area contributed by atoms with E-state index >= 15 is 0 Å². The van der Waals surface area contributed by atoms with E-state index in [4.69, 9.17) is 4.52 Å². The summed E-state index contributed by atoms with van der Waals surface area (Å²) in [4.78, 5) is 11.0. The maximum absolute atomic E-state index is 13.1. The van der Waals surface area contributed by atoms with Crippen LogP contribution in [0.1, 0.15) is 0 Å². The van der Waals surface area contributed by atoms with Crippen LogP contribution in [0.25, 0.3) is 0 Å². The minimum absolute atomic E-state index is 0.458. The summed E-state index contributed by atoms with van der Waals surface area (Å²) < 4.78 is 17.9. The molecule has 3 aromatic carbocycles. The third kappa shape index (κ3) is 3.72. The Morgan fingerprint density at radius 1 is 0.731 bits per heavy atom. The molecule has 0 saturated heterocycles. The molecule has 0 radical (unpaired) electrons. The van der Waals surface area contributed by atoms with Crippen molar-refractivity contribution in [2.45, 2.75) is 0 Å². The number of hydrogen-bond donors (Lipinski definition) is 1. The highest BCUT2D eigenvalue weighted by molar-refractivity contribution is 7.91. The van der Waals surface area contributed by atoms with E-state index in [9.17, 15) is 9.36 Å². The standard InChI is InChI=1S/C20H20N2O2P2/c1-25(24,21-17-23)22-26(18-11-5-2-6-12-18,19-13-7-3-8-14-19)20-15-9-4-10-16-20/h2-17H,1H3,(H,21,23,24). The van der Waals surface area contributed by atoms with Crippen molar-refractivity contribution in [2.24, 2.45) is 4.52 Å². The first-order valence-electron chi connectivity index (χ1n) is 8.18. The Hall–Kier alpha value is -2.41. The Bertz CT molecular complexity index is 871. The third-order valence-electron chi connectivity index (χ3n) is 3.99. The van der Waals surface area contributed by atoms with E-state index in [1.807, 2.05) is 91.0 Å². The van der Waals surface area contributed by atoms with Crippen molar-refractivity contribution < 1.29 is 9.36 Å². The van der Waals surface area contributed by atoms with Crippen LogP contribution in [0.15, 0.2) is 95.5 Å². The van der Waals surface area contributed by atoms with Gasteiger partial charge in [0.2, 0.25) is 6.41 Å². The van der Waals surface area contributed by atoms with Crippen molar-refractivity contribution in [1.29, 1.82) is 0 Å². The van der Waals surface area contributed by atoms with Gasteiger partial charge in [-0.25, -0.2) is 4.52 Å². The van der Waals surface area contributed by atoms with Gasteiger partial charge in [0.05, 0.1) is 7.05 Å². The summed E-state index contributed by atoms with van der Waals surface area (Å²) in [5.41, 5.74) is 0. The minimum atomic E-state index is -3.25. The fourth-order valence-corrected chi connectivity index (χ4v) is 9.31. The molecule has 6 heteroatoms. The number of nitrogens with one attached hydrogen (secondary N) is 1. The van der Waals surface area contributed by atoms with E-state index in [0.717, 1.165) is 15.9 Å². The Morgan fingerprint density at radius 2 is 1.08 bits per heavy atom. The topological polar surface area (TPSA) is 58.5 Å². The van der Waals surface area contributed by atoms with Crippen LogP contribution in [0.3, 0.4) is 0 Å². The molecule has 0 heterocycles. The number of hydrogen-bond acceptors (Lipinski definition) is 2. The molecule has 26 heavy (non-hydrogen) atoms.